The maximum Gasteiger partial charge on any atom is 0.329 e. The van der Waals surface area contributed by atoms with Crippen molar-refractivity contribution in [2.75, 3.05) is 0 Å². The van der Waals surface area contributed by atoms with Crippen LogP contribution in [0.25, 0.3) is 0 Å². The number of esters is 1. The second-order valence-electron chi connectivity index (χ2n) is 7.04. The zero-order chi connectivity index (χ0) is 16.3. The molecule has 0 spiro atoms. The smallest absolute Gasteiger partial charge is 0.329 e. The fourth-order valence-electron chi connectivity index (χ4n) is 3.01. The SMILES string of the molecule is CC1(C)Oc2ccc(C[C@@]3(C)C(=O)OC(C)(C)N3N)cc2O1. The molecule has 6 nitrogen and oxygen atoms in total. The lowest BCUT2D eigenvalue weighted by atomic mass is 9.92. The summed E-state index contributed by atoms with van der Waals surface area (Å²) >= 11 is 0. The minimum Gasteiger partial charge on any atom is -0.449 e. The van der Waals surface area contributed by atoms with Gasteiger partial charge in [0.25, 0.3) is 0 Å². The zero-order valence-electron chi connectivity index (χ0n) is 13.6. The van der Waals surface area contributed by atoms with E-state index in [1.807, 2.05) is 32.0 Å². The van der Waals surface area contributed by atoms with E-state index in [0.717, 1.165) is 5.56 Å². The Kier molecular flexibility index (Phi) is 3.00. The maximum absolute atomic E-state index is 12.3. The Balaban J connectivity index is 1.87. The van der Waals surface area contributed by atoms with Crippen LogP contribution in [0.4, 0.5) is 0 Å². The van der Waals surface area contributed by atoms with Gasteiger partial charge in [0.2, 0.25) is 5.79 Å². The van der Waals surface area contributed by atoms with E-state index in [0.29, 0.717) is 17.9 Å². The molecule has 0 bridgehead atoms. The van der Waals surface area contributed by atoms with Gasteiger partial charge in [-0.15, -0.1) is 0 Å². The Morgan fingerprint density at radius 1 is 1.05 bits per heavy atom. The van der Waals surface area contributed by atoms with Gasteiger partial charge in [-0.05, 0) is 38.5 Å². The molecule has 1 saturated heterocycles. The molecule has 2 aliphatic rings. The topological polar surface area (TPSA) is 74.0 Å². The first-order valence-electron chi connectivity index (χ1n) is 7.33. The highest BCUT2D eigenvalue weighted by atomic mass is 16.7. The number of benzene rings is 1. The molecule has 1 aromatic carbocycles. The monoisotopic (exact) mass is 306 g/mol. The molecule has 1 fully saturated rings. The minimum atomic E-state index is -0.910. The number of nitrogens with zero attached hydrogens (tertiary/aromatic N) is 1. The van der Waals surface area contributed by atoms with Crippen LogP contribution in [0, 0.1) is 0 Å². The summed E-state index contributed by atoms with van der Waals surface area (Å²) in [5.41, 5.74) is -0.788. The molecule has 22 heavy (non-hydrogen) atoms. The Bertz CT molecular complexity index is 641. The molecule has 120 valence electrons. The molecular weight excluding hydrogens is 284 g/mol. The van der Waals surface area contributed by atoms with Gasteiger partial charge >= 0.3 is 5.97 Å². The van der Waals surface area contributed by atoms with Crippen LogP contribution < -0.4 is 15.3 Å². The highest BCUT2D eigenvalue weighted by Crippen LogP contribution is 2.41. The lowest BCUT2D eigenvalue weighted by Gasteiger charge is -2.32. The molecule has 2 aliphatic heterocycles. The lowest BCUT2D eigenvalue weighted by Crippen LogP contribution is -2.57. The van der Waals surface area contributed by atoms with E-state index in [2.05, 4.69) is 0 Å². The van der Waals surface area contributed by atoms with Crippen molar-refractivity contribution in [3.8, 4) is 11.5 Å². The summed E-state index contributed by atoms with van der Waals surface area (Å²) in [7, 11) is 0. The highest BCUT2D eigenvalue weighted by molar-refractivity contribution is 5.83. The van der Waals surface area contributed by atoms with Crippen molar-refractivity contribution < 1.29 is 19.0 Å². The number of carbonyl (C=O) groups excluding carboxylic acids is 1. The van der Waals surface area contributed by atoms with Crippen LogP contribution in [0.2, 0.25) is 0 Å². The van der Waals surface area contributed by atoms with Crippen molar-refractivity contribution in [2.45, 2.75) is 58.1 Å². The molecular formula is C16H22N2O4. The molecule has 2 N–H and O–H groups in total. The minimum absolute atomic E-state index is 0.321. The molecule has 0 aromatic heterocycles. The Labute approximate surface area is 130 Å². The van der Waals surface area contributed by atoms with Gasteiger partial charge in [0.1, 0.15) is 5.54 Å². The van der Waals surface area contributed by atoms with Crippen LogP contribution in [-0.2, 0) is 16.0 Å². The summed E-state index contributed by atoms with van der Waals surface area (Å²) in [6, 6.07) is 5.66. The van der Waals surface area contributed by atoms with Crippen LogP contribution in [-0.4, -0.2) is 28.0 Å². The fourth-order valence-corrected chi connectivity index (χ4v) is 3.01. The van der Waals surface area contributed by atoms with Crippen LogP contribution in [0.15, 0.2) is 18.2 Å². The van der Waals surface area contributed by atoms with E-state index in [4.69, 9.17) is 20.1 Å². The molecule has 0 unspecified atom stereocenters. The summed E-state index contributed by atoms with van der Waals surface area (Å²) in [5.74, 6) is 6.51. The van der Waals surface area contributed by atoms with Gasteiger partial charge < -0.3 is 14.2 Å². The molecule has 1 atom stereocenters. The van der Waals surface area contributed by atoms with E-state index >= 15 is 0 Å². The standard InChI is InChI=1S/C16H22N2O4/c1-14(2)18(17)16(5,13(19)22-14)9-10-6-7-11-12(8-10)21-15(3,4)20-11/h6-8H,9,17H2,1-5H3/t16-/m0/s1. The first-order chi connectivity index (χ1) is 10.0. The fraction of sp³-hybridized carbons (Fsp3) is 0.562. The van der Waals surface area contributed by atoms with Crippen molar-refractivity contribution in [2.24, 2.45) is 5.84 Å². The van der Waals surface area contributed by atoms with Gasteiger partial charge in [0, 0.05) is 20.3 Å². The number of hydrazine groups is 1. The number of hydrogen-bond donors (Lipinski definition) is 1. The maximum atomic E-state index is 12.3. The predicted molar refractivity (Wildman–Crippen MR) is 80.1 cm³/mol. The molecule has 3 rings (SSSR count). The third-order valence-corrected chi connectivity index (χ3v) is 4.16. The van der Waals surface area contributed by atoms with Gasteiger partial charge in [-0.2, -0.15) is 5.01 Å². The quantitative estimate of drug-likeness (QED) is 0.665. The van der Waals surface area contributed by atoms with Crippen LogP contribution in [0.5, 0.6) is 11.5 Å². The summed E-state index contributed by atoms with van der Waals surface area (Å²) < 4.78 is 16.8. The number of ether oxygens (including phenoxy) is 3. The lowest BCUT2D eigenvalue weighted by molar-refractivity contribution is -0.150. The average Bonchev–Trinajstić information content (AvgIpc) is 2.76. The molecule has 0 saturated carbocycles. The summed E-state index contributed by atoms with van der Waals surface area (Å²) in [5, 5.41) is 1.48. The van der Waals surface area contributed by atoms with Crippen molar-refractivity contribution in [1.29, 1.82) is 0 Å². The molecule has 6 heteroatoms. The highest BCUT2D eigenvalue weighted by Gasteiger charge is 2.55. The number of hydrogen-bond acceptors (Lipinski definition) is 6. The van der Waals surface area contributed by atoms with Gasteiger partial charge in [-0.25, -0.2) is 4.79 Å². The van der Waals surface area contributed by atoms with Gasteiger partial charge in [-0.3, -0.25) is 5.84 Å². The molecule has 1 aromatic rings. The zero-order valence-corrected chi connectivity index (χ0v) is 13.6. The van der Waals surface area contributed by atoms with Gasteiger partial charge in [-0.1, -0.05) is 6.07 Å². The first-order valence-corrected chi connectivity index (χ1v) is 7.33. The van der Waals surface area contributed by atoms with Crippen molar-refractivity contribution in [3.05, 3.63) is 23.8 Å². The van der Waals surface area contributed by atoms with Crippen molar-refractivity contribution >= 4 is 5.97 Å². The second kappa shape index (κ2) is 4.36. The molecule has 0 amide bonds. The van der Waals surface area contributed by atoms with Crippen molar-refractivity contribution in [1.82, 2.24) is 5.01 Å². The van der Waals surface area contributed by atoms with E-state index in [-0.39, 0.29) is 5.97 Å². The molecule has 0 aliphatic carbocycles. The largest absolute Gasteiger partial charge is 0.449 e. The Hall–Kier alpha value is -1.79. The van der Waals surface area contributed by atoms with E-state index < -0.39 is 17.1 Å². The van der Waals surface area contributed by atoms with Crippen LogP contribution in [0.1, 0.15) is 40.2 Å². The second-order valence-corrected chi connectivity index (χ2v) is 7.04. The van der Waals surface area contributed by atoms with Gasteiger partial charge in [0.05, 0.1) is 0 Å². The van der Waals surface area contributed by atoms with Crippen LogP contribution in [0.3, 0.4) is 0 Å². The summed E-state index contributed by atoms with van der Waals surface area (Å²) in [6.45, 7) is 9.05. The normalized spacial score (nSPS) is 28.7. The number of cyclic esters (lactones) is 1. The van der Waals surface area contributed by atoms with Crippen LogP contribution >= 0.6 is 0 Å². The number of carbonyl (C=O) groups is 1. The number of rotatable bonds is 2. The molecule has 0 radical (unpaired) electrons. The Morgan fingerprint density at radius 3 is 2.27 bits per heavy atom. The van der Waals surface area contributed by atoms with E-state index in [1.165, 1.54) is 5.01 Å². The average molecular weight is 306 g/mol. The number of nitrogens with two attached hydrogens (primary N) is 1. The van der Waals surface area contributed by atoms with Crippen molar-refractivity contribution in [3.63, 3.8) is 0 Å². The first kappa shape index (κ1) is 15.1. The predicted octanol–water partition coefficient (Wildman–Crippen LogP) is 1.96. The third-order valence-electron chi connectivity index (χ3n) is 4.16. The summed E-state index contributed by atoms with van der Waals surface area (Å²) in [4.78, 5) is 12.3. The molecule has 2 heterocycles. The van der Waals surface area contributed by atoms with Gasteiger partial charge in [0.15, 0.2) is 17.2 Å². The number of fused-ring (bicyclic) bond motifs is 1. The van der Waals surface area contributed by atoms with E-state index in [9.17, 15) is 4.79 Å². The van der Waals surface area contributed by atoms with E-state index in [1.54, 1.807) is 20.8 Å². The Morgan fingerprint density at radius 2 is 1.68 bits per heavy atom. The summed E-state index contributed by atoms with van der Waals surface area (Å²) in [6.07, 6.45) is 0.433. The third kappa shape index (κ3) is 2.23.